The van der Waals surface area contributed by atoms with Crippen LogP contribution >= 0.6 is 0 Å². The zero-order valence-corrected chi connectivity index (χ0v) is 18.4. The van der Waals surface area contributed by atoms with Crippen molar-refractivity contribution in [1.29, 1.82) is 0 Å². The zero-order valence-electron chi connectivity index (χ0n) is 31.4. The van der Waals surface area contributed by atoms with Crippen LogP contribution < -0.4 is 4.90 Å². The number of hydrogen-bond acceptors (Lipinski definition) is 1. The molecule has 0 fully saturated rings. The first-order chi connectivity index (χ1) is 22.8. The average Bonchev–Trinajstić information content (AvgIpc) is 3.09. The number of anilines is 3. The fraction of sp³-hybridized carbons (Fsp3) is 0. The number of hydrogen-bond donors (Lipinski definition) is 0. The summed E-state index contributed by atoms with van der Waals surface area (Å²) in [7, 11) is 0. The maximum absolute atomic E-state index is 9.36. The van der Waals surface area contributed by atoms with Gasteiger partial charge in [0.2, 0.25) is 0 Å². The number of rotatable bonds is 5. The zero-order chi connectivity index (χ0) is 34.8. The number of benzene rings is 6. The molecular weight excluding hydrogens is 422 g/mol. The molecule has 0 radical (unpaired) electrons. The van der Waals surface area contributed by atoms with Gasteiger partial charge in [-0.05, 0) is 75.4 Å². The van der Waals surface area contributed by atoms with E-state index in [2.05, 4.69) is 0 Å². The summed E-state index contributed by atoms with van der Waals surface area (Å²) in [6, 6.07) is 12.9. The van der Waals surface area contributed by atoms with Gasteiger partial charge in [-0.2, -0.15) is 0 Å². The van der Waals surface area contributed by atoms with Crippen LogP contribution in [0.25, 0.3) is 33.0 Å². The molecule has 0 aliphatic carbocycles. The molecule has 0 unspecified atom stereocenters. The van der Waals surface area contributed by atoms with Crippen LogP contribution in [0.2, 0.25) is 0 Å². The van der Waals surface area contributed by atoms with Crippen LogP contribution in [-0.2, 0) is 0 Å². The summed E-state index contributed by atoms with van der Waals surface area (Å²) in [5.41, 5.74) is -0.958. The van der Waals surface area contributed by atoms with Gasteiger partial charge in [0, 0.05) is 17.1 Å². The molecule has 6 aromatic rings. The first-order valence-electron chi connectivity index (χ1n) is 17.4. The predicted molar refractivity (Wildman–Crippen MR) is 150 cm³/mol. The van der Waals surface area contributed by atoms with Gasteiger partial charge in [-0.3, -0.25) is 0 Å². The molecule has 6 aromatic carbocycles. The quantitative estimate of drug-likeness (QED) is 0.247. The van der Waals surface area contributed by atoms with E-state index in [0.717, 1.165) is 10.8 Å². The Labute approximate surface area is 224 Å². The van der Waals surface area contributed by atoms with E-state index in [1.807, 2.05) is 30.3 Å². The molecule has 0 atom stereocenters. The molecule has 0 aliphatic heterocycles. The molecule has 0 bridgehead atoms. The van der Waals surface area contributed by atoms with Crippen molar-refractivity contribution in [2.75, 3.05) is 4.90 Å². The van der Waals surface area contributed by atoms with Gasteiger partial charge < -0.3 is 4.90 Å². The van der Waals surface area contributed by atoms with E-state index in [9.17, 15) is 1.37 Å². The minimum atomic E-state index is -0.707. The molecule has 0 saturated carbocycles. The lowest BCUT2D eigenvalue weighted by Crippen LogP contribution is -2.09. The first kappa shape index (κ1) is 11.2. The Morgan fingerprint density at radius 1 is 0.429 bits per heavy atom. The van der Waals surface area contributed by atoms with Gasteiger partial charge in [0.25, 0.3) is 0 Å². The summed E-state index contributed by atoms with van der Waals surface area (Å²) in [4.78, 5) is 1.18. The minimum absolute atomic E-state index is 0.0312. The topological polar surface area (TPSA) is 3.24 Å². The van der Waals surface area contributed by atoms with Crippen LogP contribution in [0.5, 0.6) is 0 Å². The summed E-state index contributed by atoms with van der Waals surface area (Å²) in [5.74, 6) is 0. The molecule has 0 spiro atoms. The van der Waals surface area contributed by atoms with Crippen LogP contribution in [-0.4, -0.2) is 0 Å². The Kier molecular flexibility index (Phi) is 2.98. The van der Waals surface area contributed by atoms with Crippen molar-refractivity contribution in [3.8, 4) is 22.3 Å². The second-order valence-electron chi connectivity index (χ2n) is 7.68. The fourth-order valence-electron chi connectivity index (χ4n) is 3.80. The van der Waals surface area contributed by atoms with E-state index in [1.54, 1.807) is 42.5 Å². The van der Waals surface area contributed by atoms with Crippen molar-refractivity contribution in [1.82, 2.24) is 0 Å². The van der Waals surface area contributed by atoms with Gasteiger partial charge in [-0.25, -0.2) is 0 Å². The van der Waals surface area contributed by atoms with Gasteiger partial charge in [0.15, 0.2) is 0 Å². The summed E-state index contributed by atoms with van der Waals surface area (Å²) >= 11 is 0. The molecular formula is C34H25N. The molecule has 1 heteroatoms. The Hall–Kier alpha value is -4.62. The highest BCUT2D eigenvalue weighted by atomic mass is 15.1. The smallest absolute Gasteiger partial charge is 0.0651 e. The van der Waals surface area contributed by atoms with E-state index in [-0.39, 0.29) is 29.0 Å². The van der Waals surface area contributed by atoms with Gasteiger partial charge >= 0.3 is 0 Å². The largest absolute Gasteiger partial charge is 0.310 e. The fourth-order valence-corrected chi connectivity index (χ4v) is 3.80. The van der Waals surface area contributed by atoms with Gasteiger partial charge in [-0.15, -0.1) is 0 Å². The highest BCUT2D eigenvalue weighted by molar-refractivity contribution is 5.88. The molecule has 0 heterocycles. The lowest BCUT2D eigenvalue weighted by molar-refractivity contribution is 1.28. The second-order valence-corrected chi connectivity index (χ2v) is 7.68. The van der Waals surface area contributed by atoms with Crippen LogP contribution in [0.15, 0.2) is 151 Å². The molecule has 0 amide bonds. The highest BCUT2D eigenvalue weighted by Crippen LogP contribution is 2.37. The molecule has 6 rings (SSSR count). The van der Waals surface area contributed by atoms with E-state index < -0.39 is 83.3 Å². The van der Waals surface area contributed by atoms with Gasteiger partial charge in [0.1, 0.15) is 0 Å². The summed E-state index contributed by atoms with van der Waals surface area (Å²) in [6.45, 7) is 0. The van der Waals surface area contributed by atoms with Crippen molar-refractivity contribution in [3.63, 3.8) is 0 Å². The first-order valence-corrected chi connectivity index (χ1v) is 10.9. The molecule has 0 aromatic heterocycles. The maximum atomic E-state index is 9.36. The van der Waals surface area contributed by atoms with Crippen LogP contribution in [0.1, 0.15) is 17.8 Å². The average molecular weight is 461 g/mol. The highest BCUT2D eigenvalue weighted by Gasteiger charge is 2.13. The minimum Gasteiger partial charge on any atom is -0.310 e. The summed E-state index contributed by atoms with van der Waals surface area (Å²) < 4.78 is 113. The molecule has 1 nitrogen and oxygen atoms in total. The summed E-state index contributed by atoms with van der Waals surface area (Å²) in [6.07, 6.45) is 0. The van der Waals surface area contributed by atoms with Crippen molar-refractivity contribution in [2.24, 2.45) is 0 Å². The normalized spacial score (nSPS) is 16.1. The number of para-hydroxylation sites is 1. The number of nitrogens with zero attached hydrogens (tertiary/aromatic N) is 1. The van der Waals surface area contributed by atoms with Crippen molar-refractivity contribution in [2.45, 2.75) is 0 Å². The molecule has 0 aliphatic rings. The Balaban J connectivity index is 1.69. The van der Waals surface area contributed by atoms with E-state index >= 15 is 0 Å². The van der Waals surface area contributed by atoms with Crippen LogP contribution in [0.3, 0.4) is 0 Å². The predicted octanol–water partition coefficient (Wildman–Crippen LogP) is 9.64. The third-order valence-corrected chi connectivity index (χ3v) is 5.47. The van der Waals surface area contributed by atoms with Crippen LogP contribution in [0.4, 0.5) is 17.1 Å². The van der Waals surface area contributed by atoms with E-state index in [1.165, 1.54) is 4.90 Å². The Bertz CT molecular complexity index is 2230. The van der Waals surface area contributed by atoms with Crippen molar-refractivity contribution < 1.29 is 17.8 Å². The van der Waals surface area contributed by atoms with Crippen LogP contribution in [0, 0.1) is 0 Å². The van der Waals surface area contributed by atoms with E-state index in [0.29, 0.717) is 5.56 Å². The van der Waals surface area contributed by atoms with Gasteiger partial charge in [0.05, 0.1) is 17.8 Å². The second kappa shape index (κ2) is 9.32. The Morgan fingerprint density at radius 3 is 1.91 bits per heavy atom. The standard InChI is InChI=1S/C34H25N/c1-3-10-26(11-4-1)28-20-22-33(23-21-28)35(32-15-5-2-6-16-32)34-17-9-14-30(25-34)31-19-18-27-12-7-8-13-29(27)24-31/h1-25H/i1D,3D,4D,9D,10D,11D,14D,17D,20D,21D,22D,23D,25D. The monoisotopic (exact) mass is 460 g/mol. The lowest BCUT2D eigenvalue weighted by Gasteiger charge is -2.26. The molecule has 0 saturated heterocycles. The number of fused-ring (bicyclic) bond motifs is 1. The Morgan fingerprint density at radius 2 is 1.11 bits per heavy atom. The SMILES string of the molecule is [2H]c1c([2H])c([2H])c(-c2c([2H])c([2H])c(N(c3ccccc3)c3c([2H])c([2H])c([2H])c(-c4ccc5ccccc5c4)c3[2H])c([2H])c2[2H])c([2H])c1[2H]. The molecule has 0 N–H and O–H groups in total. The van der Waals surface area contributed by atoms with E-state index in [4.69, 9.17) is 16.4 Å². The lowest BCUT2D eigenvalue weighted by atomic mass is 10.0. The van der Waals surface area contributed by atoms with Crippen molar-refractivity contribution in [3.05, 3.63) is 151 Å². The molecule has 166 valence electrons. The van der Waals surface area contributed by atoms with Gasteiger partial charge in [-0.1, -0.05) is 109 Å². The summed E-state index contributed by atoms with van der Waals surface area (Å²) in [5, 5.41) is 1.73. The maximum Gasteiger partial charge on any atom is 0.0651 e. The molecule has 35 heavy (non-hydrogen) atoms. The third kappa shape index (κ3) is 4.32. The third-order valence-electron chi connectivity index (χ3n) is 5.47. The van der Waals surface area contributed by atoms with Crippen molar-refractivity contribution >= 4 is 27.8 Å².